The highest BCUT2D eigenvalue weighted by Gasteiger charge is 2.26. The van der Waals surface area contributed by atoms with E-state index in [1.807, 2.05) is 0 Å². The topological polar surface area (TPSA) is 26.3 Å². The number of thiophene rings is 1. The number of hydrogen-bond donors (Lipinski definition) is 0. The first kappa shape index (κ1) is 11.0. The van der Waals surface area contributed by atoms with E-state index in [2.05, 4.69) is 0 Å². The number of rotatable bonds is 4. The van der Waals surface area contributed by atoms with Crippen molar-refractivity contribution in [2.45, 2.75) is 12.6 Å². The lowest BCUT2D eigenvalue weighted by Crippen LogP contribution is -2.12. The normalized spacial score (nSPS) is 11.4. The predicted octanol–water partition coefficient (Wildman–Crippen LogP) is 2.89. The Bertz CT molecular complexity index is 306. The SMILES string of the molecule is O=Cc1ccc(OCCC(F)(F)F)s1. The van der Waals surface area contributed by atoms with Gasteiger partial charge in [-0.3, -0.25) is 4.79 Å². The van der Waals surface area contributed by atoms with Crippen LogP contribution in [-0.4, -0.2) is 19.1 Å². The zero-order chi connectivity index (χ0) is 10.6. The second kappa shape index (κ2) is 4.45. The molecule has 0 unspecified atom stereocenters. The summed E-state index contributed by atoms with van der Waals surface area (Å²) in [4.78, 5) is 10.7. The number of aldehydes is 1. The van der Waals surface area contributed by atoms with Gasteiger partial charge in [-0.2, -0.15) is 13.2 Å². The summed E-state index contributed by atoms with van der Waals surface area (Å²) in [6.07, 6.45) is -4.56. The zero-order valence-corrected chi connectivity index (χ0v) is 7.82. The van der Waals surface area contributed by atoms with Crippen molar-refractivity contribution in [2.24, 2.45) is 0 Å². The fourth-order valence-electron chi connectivity index (χ4n) is 0.743. The maximum atomic E-state index is 11.7. The lowest BCUT2D eigenvalue weighted by Gasteiger charge is -2.06. The molecule has 78 valence electrons. The van der Waals surface area contributed by atoms with Crippen LogP contribution in [0.4, 0.5) is 13.2 Å². The van der Waals surface area contributed by atoms with Crippen LogP contribution in [0.2, 0.25) is 0 Å². The molecule has 0 aliphatic rings. The fourth-order valence-corrected chi connectivity index (χ4v) is 1.44. The van der Waals surface area contributed by atoms with Crippen molar-refractivity contribution in [3.63, 3.8) is 0 Å². The molecule has 6 heteroatoms. The molecule has 0 saturated heterocycles. The number of ether oxygens (including phenoxy) is 1. The van der Waals surface area contributed by atoms with E-state index in [1.54, 1.807) is 0 Å². The zero-order valence-electron chi connectivity index (χ0n) is 7.00. The number of hydrogen-bond acceptors (Lipinski definition) is 3. The highest BCUT2D eigenvalue weighted by Crippen LogP contribution is 2.25. The van der Waals surface area contributed by atoms with Crippen molar-refractivity contribution in [1.82, 2.24) is 0 Å². The van der Waals surface area contributed by atoms with E-state index >= 15 is 0 Å². The number of carbonyl (C=O) groups is 1. The molecule has 0 bridgehead atoms. The van der Waals surface area contributed by atoms with E-state index in [4.69, 9.17) is 4.74 Å². The van der Waals surface area contributed by atoms with Gasteiger partial charge in [0.05, 0.1) is 17.9 Å². The van der Waals surface area contributed by atoms with Crippen molar-refractivity contribution in [2.75, 3.05) is 6.61 Å². The quantitative estimate of drug-likeness (QED) is 0.735. The number of alkyl halides is 3. The summed E-state index contributed by atoms with van der Waals surface area (Å²) in [6.45, 7) is -0.414. The second-order valence-corrected chi connectivity index (χ2v) is 3.57. The third-order valence-electron chi connectivity index (χ3n) is 1.35. The third kappa shape index (κ3) is 3.78. The Kier molecular flexibility index (Phi) is 3.51. The molecule has 0 aliphatic heterocycles. The molecule has 2 nitrogen and oxygen atoms in total. The average molecular weight is 224 g/mol. The first-order chi connectivity index (χ1) is 6.51. The standard InChI is InChI=1S/C8H7F3O2S/c9-8(10,11)3-4-13-7-2-1-6(5-12)14-7/h1-2,5H,3-4H2. The number of carbonyl (C=O) groups excluding carboxylic acids is 1. The van der Waals surface area contributed by atoms with Crippen LogP contribution in [0.25, 0.3) is 0 Å². The van der Waals surface area contributed by atoms with Crippen molar-refractivity contribution >= 4 is 17.6 Å². The highest BCUT2D eigenvalue weighted by molar-refractivity contribution is 7.15. The Morgan fingerprint density at radius 2 is 2.14 bits per heavy atom. The van der Waals surface area contributed by atoms with Gasteiger partial charge in [-0.05, 0) is 12.1 Å². The smallest absolute Gasteiger partial charge is 0.392 e. The molecule has 0 fully saturated rings. The van der Waals surface area contributed by atoms with Crippen LogP contribution in [0.5, 0.6) is 5.06 Å². The van der Waals surface area contributed by atoms with Crippen molar-refractivity contribution in [3.8, 4) is 5.06 Å². The first-order valence-electron chi connectivity index (χ1n) is 3.76. The molecule has 0 spiro atoms. The van der Waals surface area contributed by atoms with Crippen LogP contribution < -0.4 is 4.74 Å². The second-order valence-electron chi connectivity index (χ2n) is 2.49. The fraction of sp³-hybridized carbons (Fsp3) is 0.375. The monoisotopic (exact) mass is 224 g/mol. The predicted molar refractivity (Wildman–Crippen MR) is 45.9 cm³/mol. The maximum absolute atomic E-state index is 11.7. The minimum atomic E-state index is -4.20. The van der Waals surface area contributed by atoms with Crippen molar-refractivity contribution in [3.05, 3.63) is 17.0 Å². The van der Waals surface area contributed by atoms with Crippen LogP contribution in [0.3, 0.4) is 0 Å². The summed E-state index contributed by atoms with van der Waals surface area (Å²) in [5.41, 5.74) is 0. The largest absolute Gasteiger partial charge is 0.484 e. The van der Waals surface area contributed by atoms with E-state index in [1.165, 1.54) is 12.1 Å². The molecule has 0 aromatic carbocycles. The lowest BCUT2D eigenvalue weighted by atomic mass is 10.4. The molecule has 1 rings (SSSR count). The average Bonchev–Trinajstić information content (AvgIpc) is 2.50. The molecule has 0 N–H and O–H groups in total. The van der Waals surface area contributed by atoms with Gasteiger partial charge in [0.1, 0.15) is 0 Å². The molecule has 0 radical (unpaired) electrons. The summed E-state index contributed by atoms with van der Waals surface area (Å²) in [7, 11) is 0. The van der Waals surface area contributed by atoms with Gasteiger partial charge in [0.2, 0.25) is 0 Å². The Morgan fingerprint density at radius 3 is 2.64 bits per heavy atom. The number of halogens is 3. The van der Waals surface area contributed by atoms with Gasteiger partial charge in [0, 0.05) is 0 Å². The molecule has 1 heterocycles. The van der Waals surface area contributed by atoms with Crippen molar-refractivity contribution < 1.29 is 22.7 Å². The molecule has 0 aliphatic carbocycles. The summed E-state index contributed by atoms with van der Waals surface area (Å²) >= 11 is 1.03. The van der Waals surface area contributed by atoms with E-state index in [-0.39, 0.29) is 0 Å². The van der Waals surface area contributed by atoms with Gasteiger partial charge < -0.3 is 4.74 Å². The van der Waals surface area contributed by atoms with Crippen LogP contribution in [0, 0.1) is 0 Å². The van der Waals surface area contributed by atoms with Crippen LogP contribution in [0.15, 0.2) is 12.1 Å². The minimum Gasteiger partial charge on any atom is -0.484 e. The molecule has 1 aromatic heterocycles. The molecular weight excluding hydrogens is 217 g/mol. The molecule has 0 atom stereocenters. The Balaban J connectivity index is 2.35. The van der Waals surface area contributed by atoms with E-state index in [0.29, 0.717) is 16.2 Å². The molecule has 14 heavy (non-hydrogen) atoms. The first-order valence-corrected chi connectivity index (χ1v) is 4.57. The van der Waals surface area contributed by atoms with Gasteiger partial charge >= 0.3 is 6.18 Å². The van der Waals surface area contributed by atoms with Crippen LogP contribution in [0.1, 0.15) is 16.1 Å². The maximum Gasteiger partial charge on any atom is 0.392 e. The van der Waals surface area contributed by atoms with Crippen LogP contribution in [-0.2, 0) is 0 Å². The van der Waals surface area contributed by atoms with Crippen molar-refractivity contribution in [1.29, 1.82) is 0 Å². The molecule has 0 saturated carbocycles. The Labute approximate surface area is 82.3 Å². The molecular formula is C8H7F3O2S. The lowest BCUT2D eigenvalue weighted by molar-refractivity contribution is -0.139. The van der Waals surface area contributed by atoms with Crippen LogP contribution >= 0.6 is 11.3 Å². The molecule has 1 aromatic rings. The van der Waals surface area contributed by atoms with Gasteiger partial charge in [-0.15, -0.1) is 0 Å². The Morgan fingerprint density at radius 1 is 1.43 bits per heavy atom. The van der Waals surface area contributed by atoms with Gasteiger partial charge in [0.25, 0.3) is 0 Å². The van der Waals surface area contributed by atoms with Gasteiger partial charge in [0.15, 0.2) is 11.3 Å². The van der Waals surface area contributed by atoms with Gasteiger partial charge in [-0.25, -0.2) is 0 Å². The summed E-state index contributed by atoms with van der Waals surface area (Å²) in [5.74, 6) is 0. The summed E-state index contributed by atoms with van der Waals surface area (Å²) in [6, 6.07) is 2.98. The van der Waals surface area contributed by atoms with E-state index < -0.39 is 19.2 Å². The van der Waals surface area contributed by atoms with E-state index in [0.717, 1.165) is 11.3 Å². The summed E-state index contributed by atoms with van der Waals surface area (Å²) in [5, 5.41) is 0.330. The van der Waals surface area contributed by atoms with Gasteiger partial charge in [-0.1, -0.05) is 11.3 Å². The minimum absolute atomic E-state index is 0.330. The third-order valence-corrected chi connectivity index (χ3v) is 2.27. The highest BCUT2D eigenvalue weighted by atomic mass is 32.1. The molecule has 0 amide bonds. The summed E-state index contributed by atoms with van der Waals surface area (Å²) < 4.78 is 39.9. The Hall–Kier alpha value is -1.04. The van der Waals surface area contributed by atoms with E-state index in [9.17, 15) is 18.0 Å².